The van der Waals surface area contributed by atoms with Gasteiger partial charge < -0.3 is 24.8 Å². The van der Waals surface area contributed by atoms with Crippen LogP contribution in [0.15, 0.2) is 0 Å². The fraction of sp³-hybridized carbons (Fsp3) is 1.00. The third-order valence-corrected chi connectivity index (χ3v) is 4.73. The highest BCUT2D eigenvalue weighted by molar-refractivity contribution is 4.88. The monoisotopic (exact) mass is 347 g/mol. The summed E-state index contributed by atoms with van der Waals surface area (Å²) in [6.07, 6.45) is 6.88. The highest BCUT2D eigenvalue weighted by Crippen LogP contribution is 2.22. The topological polar surface area (TPSA) is 82.4 Å². The Morgan fingerprint density at radius 1 is 0.917 bits per heavy atom. The molecule has 0 radical (unpaired) electrons. The maximum Gasteiger partial charge on any atom is 0.186 e. The van der Waals surface area contributed by atoms with Crippen molar-refractivity contribution in [2.45, 2.75) is 82.9 Å². The third-order valence-electron chi connectivity index (χ3n) is 4.73. The van der Waals surface area contributed by atoms with Gasteiger partial charge in [0.15, 0.2) is 6.29 Å². The number of hydrogen-bond donors (Lipinski definition) is 3. The average Bonchev–Trinajstić information content (AvgIpc) is 2.85. The molecule has 1 heterocycles. The summed E-state index contributed by atoms with van der Waals surface area (Å²) in [7, 11) is 1.45. The van der Waals surface area contributed by atoms with E-state index < -0.39 is 24.6 Å². The lowest BCUT2D eigenvalue weighted by Crippen LogP contribution is -2.41. The summed E-state index contributed by atoms with van der Waals surface area (Å²) in [6, 6.07) is 0. The molecule has 1 saturated heterocycles. The Balaban J connectivity index is 2.22. The molecule has 6 heteroatoms. The average molecular weight is 347 g/mol. The lowest BCUT2D eigenvalue weighted by Gasteiger charge is -2.25. The standard InChI is InChI=1S/C18H37NO5/c1-3-4-5-6-7-8-9-10-11-19(12-13-20)14-15-16(21)17(22)18(23-2)24-15/h15-18,20-22H,3-14H2,1-2H3/t15-,16-,17+,18+/m1/s1. The minimum atomic E-state index is -1.01. The Hall–Kier alpha value is -0.240. The predicted octanol–water partition coefficient (Wildman–Crippen LogP) is 1.51. The van der Waals surface area contributed by atoms with Crippen LogP contribution in [0.5, 0.6) is 0 Å². The van der Waals surface area contributed by atoms with E-state index in [1.807, 2.05) is 0 Å². The van der Waals surface area contributed by atoms with Crippen LogP contribution >= 0.6 is 0 Å². The molecule has 0 amide bonds. The summed E-state index contributed by atoms with van der Waals surface area (Å²) >= 11 is 0. The molecule has 0 aromatic rings. The maximum absolute atomic E-state index is 10.0. The molecule has 24 heavy (non-hydrogen) atoms. The number of nitrogens with zero attached hydrogens (tertiary/aromatic N) is 1. The summed E-state index contributed by atoms with van der Waals surface area (Å²) < 4.78 is 10.6. The van der Waals surface area contributed by atoms with Gasteiger partial charge in [0, 0.05) is 20.2 Å². The molecule has 1 fully saturated rings. The fourth-order valence-electron chi connectivity index (χ4n) is 3.22. The molecule has 6 nitrogen and oxygen atoms in total. The second-order valence-electron chi connectivity index (χ2n) is 6.76. The SMILES string of the molecule is CCCCCCCCCCN(CCO)C[C@H]1O[C@H](OC)[C@@H](O)[C@@H]1O. The fourth-order valence-corrected chi connectivity index (χ4v) is 3.22. The number of aliphatic hydroxyl groups excluding tert-OH is 3. The van der Waals surface area contributed by atoms with E-state index in [1.165, 1.54) is 52.1 Å². The highest BCUT2D eigenvalue weighted by Gasteiger charge is 2.43. The van der Waals surface area contributed by atoms with Crippen molar-refractivity contribution in [3.63, 3.8) is 0 Å². The smallest absolute Gasteiger partial charge is 0.186 e. The Labute approximate surface area is 146 Å². The molecule has 0 aromatic heterocycles. The van der Waals surface area contributed by atoms with Gasteiger partial charge in [-0.15, -0.1) is 0 Å². The molecular weight excluding hydrogens is 310 g/mol. The molecule has 0 aliphatic carbocycles. The molecule has 1 rings (SSSR count). The van der Waals surface area contributed by atoms with Gasteiger partial charge in [-0.05, 0) is 13.0 Å². The van der Waals surface area contributed by atoms with Crippen LogP contribution in [0.25, 0.3) is 0 Å². The molecule has 0 saturated carbocycles. The molecule has 3 N–H and O–H groups in total. The lowest BCUT2D eigenvalue weighted by molar-refractivity contribution is -0.150. The van der Waals surface area contributed by atoms with Crippen molar-refractivity contribution in [2.24, 2.45) is 0 Å². The van der Waals surface area contributed by atoms with Crippen molar-refractivity contribution >= 4 is 0 Å². The third kappa shape index (κ3) is 7.76. The number of methoxy groups -OCH3 is 1. The molecule has 0 bridgehead atoms. The molecule has 0 unspecified atom stereocenters. The normalized spacial score (nSPS) is 27.2. The summed E-state index contributed by atoms with van der Waals surface area (Å²) in [6.45, 7) is 4.23. The van der Waals surface area contributed by atoms with Gasteiger partial charge in [-0.25, -0.2) is 0 Å². The van der Waals surface area contributed by atoms with Crippen LogP contribution in [-0.2, 0) is 9.47 Å². The lowest BCUT2D eigenvalue weighted by atomic mass is 10.1. The van der Waals surface area contributed by atoms with Gasteiger partial charge in [-0.1, -0.05) is 51.9 Å². The molecule has 1 aliphatic rings. The van der Waals surface area contributed by atoms with E-state index >= 15 is 0 Å². The van der Waals surface area contributed by atoms with Crippen molar-refractivity contribution in [1.29, 1.82) is 0 Å². The van der Waals surface area contributed by atoms with Crippen molar-refractivity contribution < 1.29 is 24.8 Å². The van der Waals surface area contributed by atoms with Crippen molar-refractivity contribution in [1.82, 2.24) is 4.90 Å². The van der Waals surface area contributed by atoms with E-state index in [0.717, 1.165) is 13.0 Å². The van der Waals surface area contributed by atoms with E-state index in [0.29, 0.717) is 13.1 Å². The number of ether oxygens (including phenoxy) is 2. The van der Waals surface area contributed by atoms with E-state index in [2.05, 4.69) is 11.8 Å². The molecular formula is C18H37NO5. The zero-order valence-electron chi connectivity index (χ0n) is 15.4. The van der Waals surface area contributed by atoms with Crippen LogP contribution < -0.4 is 0 Å². The Morgan fingerprint density at radius 3 is 2.08 bits per heavy atom. The largest absolute Gasteiger partial charge is 0.395 e. The Bertz CT molecular complexity index is 305. The summed E-state index contributed by atoms with van der Waals surface area (Å²) in [5.74, 6) is 0. The number of rotatable bonds is 14. The van der Waals surface area contributed by atoms with Crippen LogP contribution in [0.4, 0.5) is 0 Å². The quantitative estimate of drug-likeness (QED) is 0.413. The summed E-state index contributed by atoms with van der Waals surface area (Å²) in [5, 5.41) is 29.1. The minimum Gasteiger partial charge on any atom is -0.395 e. The predicted molar refractivity (Wildman–Crippen MR) is 93.8 cm³/mol. The van der Waals surface area contributed by atoms with Gasteiger partial charge in [-0.2, -0.15) is 0 Å². The van der Waals surface area contributed by atoms with Crippen LogP contribution in [0, 0.1) is 0 Å². The zero-order chi connectivity index (χ0) is 17.8. The zero-order valence-corrected chi connectivity index (χ0v) is 15.4. The number of aliphatic hydroxyl groups is 3. The van der Waals surface area contributed by atoms with E-state index in [1.54, 1.807) is 0 Å². The second kappa shape index (κ2) is 13.0. The molecule has 4 atom stereocenters. The van der Waals surface area contributed by atoms with Gasteiger partial charge in [0.25, 0.3) is 0 Å². The van der Waals surface area contributed by atoms with Crippen molar-refractivity contribution in [3.8, 4) is 0 Å². The second-order valence-corrected chi connectivity index (χ2v) is 6.76. The van der Waals surface area contributed by atoms with Gasteiger partial charge in [-0.3, -0.25) is 4.90 Å². The summed E-state index contributed by atoms with van der Waals surface area (Å²) in [5.41, 5.74) is 0. The Morgan fingerprint density at radius 2 is 1.54 bits per heavy atom. The minimum absolute atomic E-state index is 0.0795. The first-order valence-corrected chi connectivity index (χ1v) is 9.51. The van der Waals surface area contributed by atoms with Crippen LogP contribution in [-0.4, -0.2) is 78.2 Å². The highest BCUT2D eigenvalue weighted by atomic mass is 16.7. The van der Waals surface area contributed by atoms with E-state index in [9.17, 15) is 15.3 Å². The molecule has 144 valence electrons. The van der Waals surface area contributed by atoms with Crippen molar-refractivity contribution in [2.75, 3.05) is 33.4 Å². The Kier molecular flexibility index (Phi) is 11.8. The van der Waals surface area contributed by atoms with Crippen LogP contribution in [0.1, 0.15) is 58.3 Å². The summed E-state index contributed by atoms with van der Waals surface area (Å²) in [4.78, 5) is 2.09. The van der Waals surface area contributed by atoms with Gasteiger partial charge in [0.1, 0.15) is 18.3 Å². The molecule has 1 aliphatic heterocycles. The number of hydrogen-bond acceptors (Lipinski definition) is 6. The van der Waals surface area contributed by atoms with Crippen LogP contribution in [0.3, 0.4) is 0 Å². The van der Waals surface area contributed by atoms with E-state index in [-0.39, 0.29) is 6.61 Å². The van der Waals surface area contributed by atoms with Gasteiger partial charge >= 0.3 is 0 Å². The first-order valence-electron chi connectivity index (χ1n) is 9.51. The number of unbranched alkanes of at least 4 members (excludes halogenated alkanes) is 7. The molecule has 0 aromatic carbocycles. The van der Waals surface area contributed by atoms with E-state index in [4.69, 9.17) is 9.47 Å². The van der Waals surface area contributed by atoms with Crippen LogP contribution in [0.2, 0.25) is 0 Å². The van der Waals surface area contributed by atoms with Crippen molar-refractivity contribution in [3.05, 3.63) is 0 Å². The molecule has 0 spiro atoms. The first kappa shape index (κ1) is 21.8. The first-order chi connectivity index (χ1) is 11.6. The van der Waals surface area contributed by atoms with Gasteiger partial charge in [0.05, 0.1) is 6.61 Å². The van der Waals surface area contributed by atoms with Gasteiger partial charge in [0.2, 0.25) is 0 Å². The maximum atomic E-state index is 10.0.